The average molecular weight is 446 g/mol. The van der Waals surface area contributed by atoms with E-state index in [1.165, 1.54) is 18.4 Å². The molecule has 0 saturated heterocycles. The maximum atomic E-state index is 8.84. The van der Waals surface area contributed by atoms with Crippen molar-refractivity contribution >= 4 is 29.9 Å². The highest BCUT2D eigenvalue weighted by Gasteiger charge is 2.43. The lowest BCUT2D eigenvalue weighted by Crippen LogP contribution is -2.40. The van der Waals surface area contributed by atoms with Crippen molar-refractivity contribution in [1.82, 2.24) is 10.6 Å². The molecule has 0 unspecified atom stereocenters. The van der Waals surface area contributed by atoms with Crippen molar-refractivity contribution in [3.63, 3.8) is 0 Å². The lowest BCUT2D eigenvalue weighted by atomic mass is 9.96. The molecule has 0 atom stereocenters. The standard InChI is InChI=1S/C20H22N4.HI/c1-22-19(23-14-17-9-7-16(13-21)8-10-17)24-15-20(11-12-20)18-5-3-2-4-6-18;/h2-10H,11-12,14-15H2,1H3,(H2,22,23,24);1H. The molecule has 5 heteroatoms. The van der Waals surface area contributed by atoms with Crippen molar-refractivity contribution in [2.75, 3.05) is 13.6 Å². The summed E-state index contributed by atoms with van der Waals surface area (Å²) in [5, 5.41) is 15.6. The minimum absolute atomic E-state index is 0. The second-order valence-corrected chi connectivity index (χ2v) is 6.23. The number of guanidine groups is 1. The molecular formula is C20H23IN4. The molecule has 0 aromatic heterocycles. The number of rotatable bonds is 5. The van der Waals surface area contributed by atoms with Crippen LogP contribution in [0.5, 0.6) is 0 Å². The molecule has 0 spiro atoms. The predicted molar refractivity (Wildman–Crippen MR) is 112 cm³/mol. The van der Waals surface area contributed by atoms with Gasteiger partial charge in [-0.2, -0.15) is 5.26 Å². The predicted octanol–water partition coefficient (Wildman–Crippen LogP) is 3.57. The van der Waals surface area contributed by atoms with Crippen molar-refractivity contribution in [2.24, 2.45) is 4.99 Å². The van der Waals surface area contributed by atoms with E-state index in [1.807, 2.05) is 24.3 Å². The molecule has 25 heavy (non-hydrogen) atoms. The fourth-order valence-corrected chi connectivity index (χ4v) is 2.87. The number of nitrogens with one attached hydrogen (secondary N) is 2. The van der Waals surface area contributed by atoms with E-state index in [0.717, 1.165) is 18.1 Å². The maximum Gasteiger partial charge on any atom is 0.191 e. The number of nitriles is 1. The van der Waals surface area contributed by atoms with Crippen molar-refractivity contribution in [1.29, 1.82) is 5.26 Å². The van der Waals surface area contributed by atoms with Crippen LogP contribution in [0.4, 0.5) is 0 Å². The van der Waals surface area contributed by atoms with Gasteiger partial charge in [0, 0.05) is 25.6 Å². The highest BCUT2D eigenvalue weighted by atomic mass is 127. The van der Waals surface area contributed by atoms with E-state index in [1.54, 1.807) is 7.05 Å². The Balaban J connectivity index is 0.00000225. The fourth-order valence-electron chi connectivity index (χ4n) is 2.87. The highest BCUT2D eigenvalue weighted by Crippen LogP contribution is 2.47. The van der Waals surface area contributed by atoms with Crippen molar-refractivity contribution in [3.8, 4) is 6.07 Å². The number of halogens is 1. The minimum atomic E-state index is 0. The summed E-state index contributed by atoms with van der Waals surface area (Å²) in [5.41, 5.74) is 3.47. The summed E-state index contributed by atoms with van der Waals surface area (Å²) >= 11 is 0. The van der Waals surface area contributed by atoms with E-state index in [2.05, 4.69) is 52.0 Å². The Morgan fingerprint density at radius 3 is 2.32 bits per heavy atom. The second kappa shape index (κ2) is 8.86. The largest absolute Gasteiger partial charge is 0.356 e. The molecule has 4 nitrogen and oxygen atoms in total. The Morgan fingerprint density at radius 2 is 1.76 bits per heavy atom. The summed E-state index contributed by atoms with van der Waals surface area (Å²) in [4.78, 5) is 4.30. The van der Waals surface area contributed by atoms with Gasteiger partial charge in [-0.1, -0.05) is 42.5 Å². The Hall–Kier alpha value is -2.07. The maximum absolute atomic E-state index is 8.84. The molecule has 0 bridgehead atoms. The fraction of sp³-hybridized carbons (Fsp3) is 0.300. The van der Waals surface area contributed by atoms with Crippen molar-refractivity contribution in [3.05, 3.63) is 71.3 Å². The van der Waals surface area contributed by atoms with Gasteiger partial charge in [-0.3, -0.25) is 4.99 Å². The van der Waals surface area contributed by atoms with Crippen molar-refractivity contribution < 1.29 is 0 Å². The summed E-state index contributed by atoms with van der Waals surface area (Å²) in [5.74, 6) is 0.807. The first-order valence-electron chi connectivity index (χ1n) is 8.25. The first kappa shape index (κ1) is 19.3. The Kier molecular flexibility index (Phi) is 6.82. The molecule has 2 aromatic carbocycles. The zero-order valence-corrected chi connectivity index (χ0v) is 16.7. The van der Waals surface area contributed by atoms with Gasteiger partial charge in [-0.25, -0.2) is 0 Å². The summed E-state index contributed by atoms with van der Waals surface area (Å²) in [7, 11) is 1.79. The average Bonchev–Trinajstić information content (AvgIpc) is 3.44. The number of aliphatic imine (C=N–C) groups is 1. The summed E-state index contributed by atoms with van der Waals surface area (Å²) in [6.07, 6.45) is 2.44. The van der Waals surface area contributed by atoms with Crippen LogP contribution in [0.2, 0.25) is 0 Å². The molecule has 130 valence electrons. The van der Waals surface area contributed by atoms with Gasteiger partial charge in [0.05, 0.1) is 11.6 Å². The van der Waals surface area contributed by atoms with E-state index in [4.69, 9.17) is 5.26 Å². The van der Waals surface area contributed by atoms with Crippen LogP contribution in [0.1, 0.15) is 29.5 Å². The second-order valence-electron chi connectivity index (χ2n) is 6.23. The first-order chi connectivity index (χ1) is 11.8. The van der Waals surface area contributed by atoms with E-state index >= 15 is 0 Å². The smallest absolute Gasteiger partial charge is 0.191 e. The zero-order valence-electron chi connectivity index (χ0n) is 14.3. The molecule has 1 saturated carbocycles. The van der Waals surface area contributed by atoms with Crippen LogP contribution in [-0.2, 0) is 12.0 Å². The molecule has 0 amide bonds. The number of hydrogen-bond acceptors (Lipinski definition) is 2. The van der Waals surface area contributed by atoms with E-state index in [9.17, 15) is 0 Å². The lowest BCUT2D eigenvalue weighted by molar-refractivity contribution is 0.645. The Bertz CT molecular complexity index is 744. The van der Waals surface area contributed by atoms with Crippen LogP contribution < -0.4 is 10.6 Å². The molecule has 2 N–H and O–H groups in total. The van der Waals surface area contributed by atoms with Gasteiger partial charge in [-0.05, 0) is 36.1 Å². The zero-order chi connectivity index (χ0) is 16.8. The lowest BCUT2D eigenvalue weighted by Gasteiger charge is -2.19. The molecule has 2 aromatic rings. The van der Waals surface area contributed by atoms with Crippen molar-refractivity contribution in [2.45, 2.75) is 24.8 Å². The van der Waals surface area contributed by atoms with E-state index in [-0.39, 0.29) is 29.4 Å². The number of hydrogen-bond donors (Lipinski definition) is 2. The van der Waals surface area contributed by atoms with Gasteiger partial charge >= 0.3 is 0 Å². The molecule has 3 rings (SSSR count). The van der Waals surface area contributed by atoms with Crippen LogP contribution in [0.3, 0.4) is 0 Å². The van der Waals surface area contributed by atoms with Crippen LogP contribution >= 0.6 is 24.0 Å². The van der Waals surface area contributed by atoms with Gasteiger partial charge in [0.2, 0.25) is 0 Å². The highest BCUT2D eigenvalue weighted by molar-refractivity contribution is 14.0. The minimum Gasteiger partial charge on any atom is -0.356 e. The van der Waals surface area contributed by atoms with E-state index in [0.29, 0.717) is 12.1 Å². The van der Waals surface area contributed by atoms with E-state index < -0.39 is 0 Å². The molecule has 0 heterocycles. The van der Waals surface area contributed by atoms with Gasteiger partial charge in [0.1, 0.15) is 0 Å². The molecule has 1 aliphatic carbocycles. The molecule has 1 fully saturated rings. The van der Waals surface area contributed by atoms with Crippen LogP contribution in [0, 0.1) is 11.3 Å². The third kappa shape index (κ3) is 4.95. The summed E-state index contributed by atoms with van der Waals surface area (Å²) < 4.78 is 0. The Labute approximate surface area is 166 Å². The topological polar surface area (TPSA) is 60.2 Å². The molecule has 0 aliphatic heterocycles. The number of benzene rings is 2. The summed E-state index contributed by atoms with van der Waals surface area (Å²) in [6, 6.07) is 20.4. The van der Waals surface area contributed by atoms with Crippen LogP contribution in [-0.4, -0.2) is 19.6 Å². The monoisotopic (exact) mass is 446 g/mol. The number of nitrogens with zero attached hydrogens (tertiary/aromatic N) is 2. The Morgan fingerprint density at radius 1 is 1.08 bits per heavy atom. The molecular weight excluding hydrogens is 423 g/mol. The third-order valence-corrected chi connectivity index (χ3v) is 4.60. The van der Waals surface area contributed by atoms with Gasteiger partial charge in [0.15, 0.2) is 5.96 Å². The normalized spacial score (nSPS) is 14.8. The SMILES string of the molecule is CN=C(NCc1ccc(C#N)cc1)NCC1(c2ccccc2)CC1.I. The first-order valence-corrected chi connectivity index (χ1v) is 8.25. The van der Waals surface area contributed by atoms with Crippen LogP contribution in [0.15, 0.2) is 59.6 Å². The van der Waals surface area contributed by atoms with Gasteiger partial charge < -0.3 is 10.6 Å². The quantitative estimate of drug-likeness (QED) is 0.420. The molecule has 1 aliphatic rings. The molecule has 0 radical (unpaired) electrons. The summed E-state index contributed by atoms with van der Waals surface area (Å²) in [6.45, 7) is 1.58. The van der Waals surface area contributed by atoms with Crippen LogP contribution in [0.25, 0.3) is 0 Å². The third-order valence-electron chi connectivity index (χ3n) is 4.60. The van der Waals surface area contributed by atoms with Gasteiger partial charge in [0.25, 0.3) is 0 Å². The van der Waals surface area contributed by atoms with Gasteiger partial charge in [-0.15, -0.1) is 24.0 Å².